The standard InChI is InChI=1S/C25H24F2N4O2S/c26-25(27)15-29(16-25)13-17-5-7-18(8-6-17)31-23-19-3-1-2-4-21(19)34-14-20(23)22(28-31)24(32)30-9-11-33-12-10-30/h1-8H,9-16H2. The second kappa shape index (κ2) is 8.48. The van der Waals surface area contributed by atoms with Crippen molar-refractivity contribution in [1.82, 2.24) is 19.6 Å². The first-order valence-electron chi connectivity index (χ1n) is 11.4. The van der Waals surface area contributed by atoms with E-state index in [-0.39, 0.29) is 19.0 Å². The molecule has 0 spiro atoms. The summed E-state index contributed by atoms with van der Waals surface area (Å²) in [6, 6.07) is 16.0. The SMILES string of the molecule is O=C(c1nn(-c2ccc(CN3CC(F)(F)C3)cc2)c2c1CSc1ccccc1-2)N1CCOCC1. The summed E-state index contributed by atoms with van der Waals surface area (Å²) in [5, 5.41) is 4.83. The number of alkyl halides is 2. The molecule has 0 saturated carbocycles. The van der Waals surface area contributed by atoms with E-state index < -0.39 is 5.92 Å². The minimum Gasteiger partial charge on any atom is -0.378 e. The maximum Gasteiger partial charge on any atom is 0.274 e. The largest absolute Gasteiger partial charge is 0.378 e. The van der Waals surface area contributed by atoms with Crippen molar-refractivity contribution in [3.8, 4) is 16.9 Å². The molecule has 0 aliphatic carbocycles. The number of benzene rings is 2. The molecule has 6 nitrogen and oxygen atoms in total. The lowest BCUT2D eigenvalue weighted by Crippen LogP contribution is -2.55. The zero-order valence-electron chi connectivity index (χ0n) is 18.5. The smallest absolute Gasteiger partial charge is 0.274 e. The molecule has 176 valence electrons. The number of halogens is 2. The van der Waals surface area contributed by atoms with Gasteiger partial charge in [-0.2, -0.15) is 5.10 Å². The van der Waals surface area contributed by atoms with Gasteiger partial charge in [0.15, 0.2) is 5.69 Å². The number of likely N-dealkylation sites (tertiary alicyclic amines) is 1. The zero-order valence-corrected chi connectivity index (χ0v) is 19.4. The molecule has 0 unspecified atom stereocenters. The van der Waals surface area contributed by atoms with Crippen molar-refractivity contribution in [2.75, 3.05) is 39.4 Å². The number of ether oxygens (including phenoxy) is 1. The fraction of sp³-hybridized carbons (Fsp3) is 0.360. The number of amides is 1. The van der Waals surface area contributed by atoms with Crippen LogP contribution in [0.15, 0.2) is 53.4 Å². The van der Waals surface area contributed by atoms with E-state index in [0.29, 0.717) is 44.3 Å². The van der Waals surface area contributed by atoms with Crippen LogP contribution in [0.5, 0.6) is 0 Å². The molecule has 34 heavy (non-hydrogen) atoms. The van der Waals surface area contributed by atoms with Crippen LogP contribution in [0.25, 0.3) is 16.9 Å². The van der Waals surface area contributed by atoms with Gasteiger partial charge in [0.1, 0.15) is 0 Å². The molecule has 3 aliphatic heterocycles. The lowest BCUT2D eigenvalue weighted by atomic mass is 10.0. The highest BCUT2D eigenvalue weighted by atomic mass is 32.2. The van der Waals surface area contributed by atoms with Gasteiger partial charge in [-0.1, -0.05) is 30.3 Å². The summed E-state index contributed by atoms with van der Waals surface area (Å²) < 4.78 is 33.6. The number of carbonyl (C=O) groups excluding carboxylic acids is 1. The summed E-state index contributed by atoms with van der Waals surface area (Å²) in [4.78, 5) is 18.1. The van der Waals surface area contributed by atoms with E-state index in [1.807, 2.05) is 46.0 Å². The quantitative estimate of drug-likeness (QED) is 0.561. The normalized spacial score (nSPS) is 19.3. The molecule has 2 fully saturated rings. The van der Waals surface area contributed by atoms with Crippen LogP contribution in [0, 0.1) is 0 Å². The highest BCUT2D eigenvalue weighted by molar-refractivity contribution is 7.98. The Morgan fingerprint density at radius 1 is 1.06 bits per heavy atom. The number of nitrogens with zero attached hydrogens (tertiary/aromatic N) is 4. The second-order valence-electron chi connectivity index (χ2n) is 8.94. The average molecular weight is 483 g/mol. The van der Waals surface area contributed by atoms with Crippen LogP contribution in [0.2, 0.25) is 0 Å². The molecule has 6 rings (SSSR count). The molecule has 1 amide bonds. The van der Waals surface area contributed by atoms with Crippen LogP contribution >= 0.6 is 11.8 Å². The van der Waals surface area contributed by atoms with Crippen molar-refractivity contribution >= 4 is 17.7 Å². The minimum absolute atomic E-state index is 0.0615. The number of hydrogen-bond acceptors (Lipinski definition) is 5. The third kappa shape index (κ3) is 3.91. The molecule has 0 radical (unpaired) electrons. The van der Waals surface area contributed by atoms with Crippen LogP contribution < -0.4 is 0 Å². The number of morpholine rings is 1. The monoisotopic (exact) mass is 482 g/mol. The Morgan fingerprint density at radius 3 is 2.53 bits per heavy atom. The maximum atomic E-state index is 13.4. The van der Waals surface area contributed by atoms with Gasteiger partial charge in [0, 0.05) is 41.4 Å². The van der Waals surface area contributed by atoms with Crippen LogP contribution in [-0.2, 0) is 17.0 Å². The number of thioether (sulfide) groups is 1. The van der Waals surface area contributed by atoms with Gasteiger partial charge in [-0.15, -0.1) is 11.8 Å². The number of hydrogen-bond donors (Lipinski definition) is 0. The van der Waals surface area contributed by atoms with E-state index in [0.717, 1.165) is 33.0 Å². The molecular formula is C25H24F2N4O2S. The Hall–Kier alpha value is -2.75. The second-order valence-corrected chi connectivity index (χ2v) is 9.96. The highest BCUT2D eigenvalue weighted by Crippen LogP contribution is 2.43. The Bertz CT molecular complexity index is 1230. The van der Waals surface area contributed by atoms with Crippen molar-refractivity contribution in [2.24, 2.45) is 0 Å². The fourth-order valence-electron chi connectivity index (χ4n) is 4.80. The Kier molecular flexibility index (Phi) is 5.43. The molecule has 4 heterocycles. The lowest BCUT2D eigenvalue weighted by molar-refractivity contribution is -0.133. The lowest BCUT2D eigenvalue weighted by Gasteiger charge is -2.38. The first kappa shape index (κ1) is 21.8. The fourth-order valence-corrected chi connectivity index (χ4v) is 5.87. The number of aromatic nitrogens is 2. The van der Waals surface area contributed by atoms with E-state index in [1.54, 1.807) is 16.7 Å². The van der Waals surface area contributed by atoms with Crippen molar-refractivity contribution in [3.63, 3.8) is 0 Å². The molecule has 3 aromatic rings. The van der Waals surface area contributed by atoms with Gasteiger partial charge in [0.05, 0.1) is 37.7 Å². The minimum atomic E-state index is -2.57. The summed E-state index contributed by atoms with van der Waals surface area (Å²) in [6.45, 7) is 2.31. The van der Waals surface area contributed by atoms with E-state index >= 15 is 0 Å². The van der Waals surface area contributed by atoms with Gasteiger partial charge in [-0.3, -0.25) is 9.69 Å². The molecule has 2 aromatic carbocycles. The highest BCUT2D eigenvalue weighted by Gasteiger charge is 2.43. The predicted molar refractivity (Wildman–Crippen MR) is 126 cm³/mol. The van der Waals surface area contributed by atoms with Crippen LogP contribution in [0.1, 0.15) is 21.6 Å². The number of fused-ring (bicyclic) bond motifs is 3. The molecule has 2 saturated heterocycles. The first-order chi connectivity index (χ1) is 16.5. The summed E-state index contributed by atoms with van der Waals surface area (Å²) in [7, 11) is 0. The van der Waals surface area contributed by atoms with E-state index in [1.165, 1.54) is 0 Å². The summed E-state index contributed by atoms with van der Waals surface area (Å²) in [5.41, 5.74) is 5.27. The third-order valence-corrected chi connectivity index (χ3v) is 7.60. The van der Waals surface area contributed by atoms with Crippen molar-refractivity contribution in [2.45, 2.75) is 23.1 Å². The van der Waals surface area contributed by atoms with E-state index in [9.17, 15) is 13.6 Å². The Balaban J connectivity index is 1.36. The van der Waals surface area contributed by atoms with Crippen LogP contribution in [-0.4, -0.2) is 70.8 Å². The zero-order chi connectivity index (χ0) is 23.3. The topological polar surface area (TPSA) is 50.6 Å². The van der Waals surface area contributed by atoms with Gasteiger partial charge < -0.3 is 9.64 Å². The van der Waals surface area contributed by atoms with E-state index in [4.69, 9.17) is 9.84 Å². The Morgan fingerprint density at radius 2 is 1.79 bits per heavy atom. The summed E-state index contributed by atoms with van der Waals surface area (Å²) in [6.07, 6.45) is 0. The Labute approximate surface area is 200 Å². The van der Waals surface area contributed by atoms with Crippen molar-refractivity contribution in [1.29, 1.82) is 0 Å². The van der Waals surface area contributed by atoms with Crippen molar-refractivity contribution in [3.05, 3.63) is 65.4 Å². The van der Waals surface area contributed by atoms with Gasteiger partial charge in [0.2, 0.25) is 0 Å². The average Bonchev–Trinajstić information content (AvgIpc) is 3.24. The van der Waals surface area contributed by atoms with Crippen molar-refractivity contribution < 1.29 is 18.3 Å². The van der Waals surface area contributed by atoms with Gasteiger partial charge in [0.25, 0.3) is 11.8 Å². The maximum absolute atomic E-state index is 13.4. The first-order valence-corrected chi connectivity index (χ1v) is 12.4. The molecular weight excluding hydrogens is 458 g/mol. The number of carbonyl (C=O) groups is 1. The summed E-state index contributed by atoms with van der Waals surface area (Å²) >= 11 is 1.72. The van der Waals surface area contributed by atoms with Gasteiger partial charge in [-0.25, -0.2) is 13.5 Å². The van der Waals surface area contributed by atoms with E-state index in [2.05, 4.69) is 12.1 Å². The predicted octanol–water partition coefficient (Wildman–Crippen LogP) is 4.07. The molecule has 9 heteroatoms. The molecule has 3 aliphatic rings. The third-order valence-electron chi connectivity index (χ3n) is 6.50. The van der Waals surface area contributed by atoms with Crippen LogP contribution in [0.4, 0.5) is 8.78 Å². The summed E-state index contributed by atoms with van der Waals surface area (Å²) in [5.74, 6) is -1.95. The molecule has 1 aromatic heterocycles. The van der Waals surface area contributed by atoms with Gasteiger partial charge in [-0.05, 0) is 23.8 Å². The molecule has 0 bridgehead atoms. The van der Waals surface area contributed by atoms with Gasteiger partial charge >= 0.3 is 0 Å². The molecule has 0 atom stereocenters. The molecule has 0 N–H and O–H groups in total. The number of rotatable bonds is 4. The van der Waals surface area contributed by atoms with Crippen LogP contribution in [0.3, 0.4) is 0 Å².